The van der Waals surface area contributed by atoms with Gasteiger partial charge in [0.2, 0.25) is 5.91 Å². The van der Waals surface area contributed by atoms with Gasteiger partial charge < -0.3 is 21.3 Å². The molecule has 22 heavy (non-hydrogen) atoms. The Bertz CT molecular complexity index is 622. The maximum absolute atomic E-state index is 13.8. The van der Waals surface area contributed by atoms with Gasteiger partial charge in [-0.3, -0.25) is 9.59 Å². The van der Waals surface area contributed by atoms with Crippen LogP contribution in [0.3, 0.4) is 0 Å². The minimum absolute atomic E-state index is 0.00599. The van der Waals surface area contributed by atoms with Gasteiger partial charge in [0, 0.05) is 31.9 Å². The van der Waals surface area contributed by atoms with Crippen LogP contribution in [0.2, 0.25) is 0 Å². The Balaban J connectivity index is 1.63. The molecule has 0 aromatic heterocycles. The number of piperazine rings is 1. The normalized spacial score (nSPS) is 19.9. The van der Waals surface area contributed by atoms with E-state index in [2.05, 4.69) is 0 Å². The van der Waals surface area contributed by atoms with Crippen LogP contribution in [0, 0.1) is 5.82 Å². The fraction of sp³-hybridized carbons (Fsp3) is 0.467. The van der Waals surface area contributed by atoms with E-state index in [0.717, 1.165) is 18.9 Å². The van der Waals surface area contributed by atoms with Crippen molar-refractivity contribution in [3.05, 3.63) is 29.6 Å². The number of benzene rings is 1. The van der Waals surface area contributed by atoms with Gasteiger partial charge in [0.05, 0.1) is 11.1 Å². The molecule has 1 aliphatic carbocycles. The third-order valence-electron chi connectivity index (χ3n) is 4.29. The van der Waals surface area contributed by atoms with E-state index in [1.54, 1.807) is 9.80 Å². The number of hydrogen-bond acceptors (Lipinski definition) is 4. The average molecular weight is 306 g/mol. The number of anilines is 1. The molecule has 7 heteroatoms. The summed E-state index contributed by atoms with van der Waals surface area (Å²) in [5.74, 6) is -1.04. The highest BCUT2D eigenvalue weighted by molar-refractivity contribution is 5.95. The van der Waals surface area contributed by atoms with E-state index >= 15 is 0 Å². The molecule has 1 saturated heterocycles. The number of nitrogens with zero attached hydrogens (tertiary/aromatic N) is 2. The molecular formula is C15H19FN4O2. The zero-order chi connectivity index (χ0) is 15.9. The monoisotopic (exact) mass is 306 g/mol. The molecule has 0 spiro atoms. The highest BCUT2D eigenvalue weighted by Gasteiger charge is 2.48. The van der Waals surface area contributed by atoms with E-state index in [-0.39, 0.29) is 23.1 Å². The predicted octanol–water partition coefficient (Wildman–Crippen LogP) is 0.184. The second-order valence-electron chi connectivity index (χ2n) is 5.98. The largest absolute Gasteiger partial charge is 0.399 e. The molecule has 1 heterocycles. The van der Waals surface area contributed by atoms with E-state index < -0.39 is 11.4 Å². The molecule has 0 atom stereocenters. The molecule has 2 aliphatic rings. The van der Waals surface area contributed by atoms with Crippen LogP contribution >= 0.6 is 0 Å². The zero-order valence-electron chi connectivity index (χ0n) is 12.2. The van der Waals surface area contributed by atoms with Gasteiger partial charge in [0.15, 0.2) is 0 Å². The lowest BCUT2D eigenvalue weighted by Gasteiger charge is -2.36. The van der Waals surface area contributed by atoms with Crippen LogP contribution in [0.15, 0.2) is 18.2 Å². The molecule has 1 aromatic rings. The molecule has 0 unspecified atom stereocenters. The second kappa shape index (κ2) is 5.24. The Morgan fingerprint density at radius 2 is 1.68 bits per heavy atom. The Kier molecular flexibility index (Phi) is 3.52. The number of nitrogen functional groups attached to an aromatic ring is 1. The Labute approximate surface area is 127 Å². The molecule has 4 N–H and O–H groups in total. The molecule has 3 rings (SSSR count). The Morgan fingerprint density at radius 3 is 2.23 bits per heavy atom. The summed E-state index contributed by atoms with van der Waals surface area (Å²) in [7, 11) is 0. The van der Waals surface area contributed by atoms with Gasteiger partial charge in [0.1, 0.15) is 5.82 Å². The molecule has 6 nitrogen and oxygen atoms in total. The first kappa shape index (κ1) is 14.8. The number of halogens is 1. The number of hydrogen-bond donors (Lipinski definition) is 2. The van der Waals surface area contributed by atoms with Gasteiger partial charge in [-0.25, -0.2) is 4.39 Å². The topological polar surface area (TPSA) is 92.7 Å². The van der Waals surface area contributed by atoms with E-state index in [1.807, 2.05) is 0 Å². The van der Waals surface area contributed by atoms with Crippen molar-refractivity contribution in [2.24, 2.45) is 5.73 Å². The fourth-order valence-electron chi connectivity index (χ4n) is 2.65. The van der Waals surface area contributed by atoms with Gasteiger partial charge in [-0.05, 0) is 31.0 Å². The van der Waals surface area contributed by atoms with E-state index in [0.29, 0.717) is 26.2 Å². The lowest BCUT2D eigenvalue weighted by atomic mass is 10.1. The summed E-state index contributed by atoms with van der Waals surface area (Å²) in [6.07, 6.45) is 1.45. The summed E-state index contributed by atoms with van der Waals surface area (Å²) < 4.78 is 13.8. The van der Waals surface area contributed by atoms with Crippen LogP contribution in [0.5, 0.6) is 0 Å². The summed E-state index contributed by atoms with van der Waals surface area (Å²) in [4.78, 5) is 27.7. The lowest BCUT2D eigenvalue weighted by Crippen LogP contribution is -2.55. The maximum atomic E-state index is 13.8. The number of amides is 2. The quantitative estimate of drug-likeness (QED) is 0.763. The van der Waals surface area contributed by atoms with Crippen molar-refractivity contribution < 1.29 is 14.0 Å². The summed E-state index contributed by atoms with van der Waals surface area (Å²) in [5, 5.41) is 0. The summed E-state index contributed by atoms with van der Waals surface area (Å²) in [5.41, 5.74) is 11.0. The van der Waals surface area contributed by atoms with Crippen molar-refractivity contribution >= 4 is 17.5 Å². The highest BCUT2D eigenvalue weighted by atomic mass is 19.1. The predicted molar refractivity (Wildman–Crippen MR) is 79.4 cm³/mol. The van der Waals surface area contributed by atoms with Crippen molar-refractivity contribution in [1.29, 1.82) is 0 Å². The fourth-order valence-corrected chi connectivity index (χ4v) is 2.65. The van der Waals surface area contributed by atoms with Crippen LogP contribution in [0.4, 0.5) is 10.1 Å². The number of carbonyl (C=O) groups is 2. The summed E-state index contributed by atoms with van der Waals surface area (Å²) >= 11 is 0. The third-order valence-corrected chi connectivity index (χ3v) is 4.29. The summed E-state index contributed by atoms with van der Waals surface area (Å²) in [6.45, 7) is 1.62. The molecule has 0 radical (unpaired) electrons. The van der Waals surface area contributed by atoms with E-state index in [9.17, 15) is 14.0 Å². The number of carbonyl (C=O) groups excluding carboxylic acids is 2. The van der Waals surface area contributed by atoms with Crippen LogP contribution in [0.25, 0.3) is 0 Å². The SMILES string of the molecule is Nc1ccc(C(=O)N2CCN(C(=O)C3(N)CC3)CC2)c(F)c1. The molecule has 2 amide bonds. The molecule has 118 valence electrons. The number of nitrogens with two attached hydrogens (primary N) is 2. The van der Waals surface area contributed by atoms with E-state index in [4.69, 9.17) is 11.5 Å². The molecule has 1 aromatic carbocycles. The van der Waals surface area contributed by atoms with E-state index in [1.165, 1.54) is 12.1 Å². The standard InChI is InChI=1S/C15H19FN4O2/c16-12-9-10(17)1-2-11(12)13(21)19-5-7-20(8-6-19)14(22)15(18)3-4-15/h1-2,9H,3-8,17-18H2. The minimum Gasteiger partial charge on any atom is -0.399 e. The van der Waals surface area contributed by atoms with Crippen LogP contribution in [0.1, 0.15) is 23.2 Å². The highest BCUT2D eigenvalue weighted by Crippen LogP contribution is 2.34. The van der Waals surface area contributed by atoms with Crippen LogP contribution in [-0.2, 0) is 4.79 Å². The molecule has 1 aliphatic heterocycles. The Morgan fingerprint density at radius 1 is 1.09 bits per heavy atom. The second-order valence-corrected chi connectivity index (χ2v) is 5.98. The maximum Gasteiger partial charge on any atom is 0.256 e. The third kappa shape index (κ3) is 2.64. The number of rotatable bonds is 2. The minimum atomic E-state index is -0.685. The first-order chi connectivity index (χ1) is 10.4. The zero-order valence-corrected chi connectivity index (χ0v) is 12.2. The van der Waals surface area contributed by atoms with Gasteiger partial charge in [-0.1, -0.05) is 0 Å². The van der Waals surface area contributed by atoms with Crippen molar-refractivity contribution in [1.82, 2.24) is 9.80 Å². The van der Waals surface area contributed by atoms with Crippen molar-refractivity contribution in [2.75, 3.05) is 31.9 Å². The van der Waals surface area contributed by atoms with Crippen LogP contribution in [-0.4, -0.2) is 53.3 Å². The van der Waals surface area contributed by atoms with Gasteiger partial charge in [-0.15, -0.1) is 0 Å². The molecule has 0 bridgehead atoms. The first-order valence-electron chi connectivity index (χ1n) is 7.33. The lowest BCUT2D eigenvalue weighted by molar-refractivity contribution is -0.135. The smallest absolute Gasteiger partial charge is 0.256 e. The molecule has 2 fully saturated rings. The van der Waals surface area contributed by atoms with Crippen molar-refractivity contribution in [3.8, 4) is 0 Å². The summed E-state index contributed by atoms with van der Waals surface area (Å²) in [6, 6.07) is 4.03. The van der Waals surface area contributed by atoms with Crippen molar-refractivity contribution in [2.45, 2.75) is 18.4 Å². The molecule has 1 saturated carbocycles. The Hall–Kier alpha value is -2.15. The van der Waals surface area contributed by atoms with Crippen molar-refractivity contribution in [3.63, 3.8) is 0 Å². The molecular weight excluding hydrogens is 287 g/mol. The van der Waals surface area contributed by atoms with Gasteiger partial charge in [0.25, 0.3) is 5.91 Å². The average Bonchev–Trinajstić information content (AvgIpc) is 3.25. The van der Waals surface area contributed by atoms with Gasteiger partial charge in [-0.2, -0.15) is 0 Å². The first-order valence-corrected chi connectivity index (χ1v) is 7.33. The van der Waals surface area contributed by atoms with Gasteiger partial charge >= 0.3 is 0 Å². The van der Waals surface area contributed by atoms with Crippen LogP contribution < -0.4 is 11.5 Å².